The van der Waals surface area contributed by atoms with Gasteiger partial charge in [0, 0.05) is 20.0 Å². The van der Waals surface area contributed by atoms with Gasteiger partial charge in [0.25, 0.3) is 11.8 Å². The molecule has 1 saturated heterocycles. The minimum absolute atomic E-state index is 0.00133. The van der Waals surface area contributed by atoms with Crippen molar-refractivity contribution in [1.82, 2.24) is 10.2 Å². The quantitative estimate of drug-likeness (QED) is 0.764. The van der Waals surface area contributed by atoms with Gasteiger partial charge in [-0.3, -0.25) is 14.4 Å². The Hall–Kier alpha value is -2.57. The van der Waals surface area contributed by atoms with Crippen LogP contribution in [0.15, 0.2) is 24.3 Å². The predicted molar refractivity (Wildman–Crippen MR) is 74.6 cm³/mol. The van der Waals surface area contributed by atoms with Crippen molar-refractivity contribution < 1.29 is 19.1 Å². The van der Waals surface area contributed by atoms with Crippen molar-refractivity contribution in [2.24, 2.45) is 5.73 Å². The summed E-state index contributed by atoms with van der Waals surface area (Å²) in [5.74, 6) is -0.679. The van der Waals surface area contributed by atoms with E-state index in [1.165, 1.54) is 0 Å². The average molecular weight is 291 g/mol. The number of likely N-dealkylation sites (N-methyl/N-ethyl adjacent to an activating group) is 1. The van der Waals surface area contributed by atoms with Gasteiger partial charge < -0.3 is 20.7 Å². The monoisotopic (exact) mass is 291 g/mol. The zero-order valence-electron chi connectivity index (χ0n) is 11.7. The Morgan fingerprint density at radius 2 is 2.14 bits per heavy atom. The number of hydrogen-bond donors (Lipinski definition) is 2. The molecule has 0 spiro atoms. The maximum Gasteiger partial charge on any atom is 0.255 e. The zero-order valence-corrected chi connectivity index (χ0v) is 11.7. The molecule has 0 radical (unpaired) electrons. The minimum Gasteiger partial charge on any atom is -0.483 e. The second kappa shape index (κ2) is 6.25. The molecule has 7 nitrogen and oxygen atoms in total. The summed E-state index contributed by atoms with van der Waals surface area (Å²) in [4.78, 5) is 36.0. The summed E-state index contributed by atoms with van der Waals surface area (Å²) in [5, 5.41) is 2.79. The predicted octanol–water partition coefficient (Wildman–Crippen LogP) is -0.489. The van der Waals surface area contributed by atoms with E-state index >= 15 is 0 Å². The molecule has 1 aliphatic heterocycles. The van der Waals surface area contributed by atoms with Crippen LogP contribution >= 0.6 is 0 Å². The molecule has 3 N–H and O–H groups in total. The SMILES string of the molecule is CN1CC(NC(=O)c2ccccc2OCC(N)=O)CC1=O. The molecule has 21 heavy (non-hydrogen) atoms. The van der Waals surface area contributed by atoms with E-state index in [0.29, 0.717) is 12.1 Å². The number of rotatable bonds is 5. The van der Waals surface area contributed by atoms with Gasteiger partial charge in [0.15, 0.2) is 6.61 Å². The highest BCUT2D eigenvalue weighted by molar-refractivity contribution is 5.97. The molecule has 0 saturated carbocycles. The van der Waals surface area contributed by atoms with Gasteiger partial charge in [0.1, 0.15) is 5.75 Å². The van der Waals surface area contributed by atoms with Crippen LogP contribution in [-0.2, 0) is 9.59 Å². The van der Waals surface area contributed by atoms with Crippen LogP contribution in [0.25, 0.3) is 0 Å². The lowest BCUT2D eigenvalue weighted by molar-refractivity contribution is -0.126. The van der Waals surface area contributed by atoms with Crippen LogP contribution in [0.4, 0.5) is 0 Å². The van der Waals surface area contributed by atoms with E-state index in [9.17, 15) is 14.4 Å². The van der Waals surface area contributed by atoms with Gasteiger partial charge in [-0.2, -0.15) is 0 Å². The fourth-order valence-electron chi connectivity index (χ4n) is 2.15. The van der Waals surface area contributed by atoms with Crippen LogP contribution in [-0.4, -0.2) is 48.9 Å². The maximum absolute atomic E-state index is 12.2. The number of nitrogens with one attached hydrogen (secondary N) is 1. The first-order chi connectivity index (χ1) is 9.97. The molecule has 1 aliphatic rings. The highest BCUT2D eigenvalue weighted by Crippen LogP contribution is 2.18. The molecule has 3 amide bonds. The number of carbonyl (C=O) groups excluding carboxylic acids is 3. The highest BCUT2D eigenvalue weighted by atomic mass is 16.5. The topological polar surface area (TPSA) is 102 Å². The smallest absolute Gasteiger partial charge is 0.255 e. The summed E-state index contributed by atoms with van der Waals surface area (Å²) >= 11 is 0. The van der Waals surface area contributed by atoms with E-state index in [0.717, 1.165) is 0 Å². The van der Waals surface area contributed by atoms with Crippen LogP contribution < -0.4 is 15.8 Å². The molecule has 0 aliphatic carbocycles. The molecule has 1 aromatic carbocycles. The van der Waals surface area contributed by atoms with Gasteiger partial charge in [0.05, 0.1) is 11.6 Å². The lowest BCUT2D eigenvalue weighted by Gasteiger charge is -2.14. The zero-order chi connectivity index (χ0) is 15.4. The van der Waals surface area contributed by atoms with E-state index in [4.69, 9.17) is 10.5 Å². The van der Waals surface area contributed by atoms with Crippen LogP contribution in [0.3, 0.4) is 0 Å². The first kappa shape index (κ1) is 14.8. The number of carbonyl (C=O) groups is 3. The molecular weight excluding hydrogens is 274 g/mol. The number of hydrogen-bond acceptors (Lipinski definition) is 4. The fraction of sp³-hybridized carbons (Fsp3) is 0.357. The van der Waals surface area contributed by atoms with E-state index in [1.807, 2.05) is 0 Å². The van der Waals surface area contributed by atoms with Crippen LogP contribution in [0.1, 0.15) is 16.8 Å². The van der Waals surface area contributed by atoms with Crippen LogP contribution in [0.2, 0.25) is 0 Å². The Bertz CT molecular complexity index is 573. The minimum atomic E-state index is -0.617. The molecule has 1 fully saturated rings. The standard InChI is InChI=1S/C14H17N3O4/c1-17-7-9(6-13(17)19)16-14(20)10-4-2-3-5-11(10)21-8-12(15)18/h2-5,9H,6-8H2,1H3,(H2,15,18)(H,16,20). The summed E-state index contributed by atoms with van der Waals surface area (Å²) < 4.78 is 5.21. The Kier molecular flexibility index (Phi) is 4.42. The van der Waals surface area contributed by atoms with E-state index in [2.05, 4.69) is 5.32 Å². The molecule has 2 rings (SSSR count). The number of likely N-dealkylation sites (tertiary alicyclic amines) is 1. The molecule has 1 aromatic rings. The lowest BCUT2D eigenvalue weighted by Crippen LogP contribution is -2.36. The fourth-order valence-corrected chi connectivity index (χ4v) is 2.15. The van der Waals surface area contributed by atoms with Gasteiger partial charge >= 0.3 is 0 Å². The van der Waals surface area contributed by atoms with Gasteiger partial charge in [-0.1, -0.05) is 12.1 Å². The highest BCUT2D eigenvalue weighted by Gasteiger charge is 2.28. The van der Waals surface area contributed by atoms with Crippen molar-refractivity contribution in [1.29, 1.82) is 0 Å². The first-order valence-corrected chi connectivity index (χ1v) is 6.52. The number of benzene rings is 1. The van der Waals surface area contributed by atoms with Gasteiger partial charge in [-0.15, -0.1) is 0 Å². The second-order valence-corrected chi connectivity index (χ2v) is 4.90. The largest absolute Gasteiger partial charge is 0.483 e. The lowest BCUT2D eigenvalue weighted by atomic mass is 10.1. The Balaban J connectivity index is 2.05. The van der Waals surface area contributed by atoms with Crippen molar-refractivity contribution >= 4 is 17.7 Å². The van der Waals surface area contributed by atoms with E-state index < -0.39 is 5.91 Å². The molecule has 1 unspecified atom stereocenters. The normalized spacial score (nSPS) is 17.7. The number of amides is 3. The second-order valence-electron chi connectivity index (χ2n) is 4.90. The average Bonchev–Trinajstić information content (AvgIpc) is 2.75. The number of nitrogens with two attached hydrogens (primary N) is 1. The summed E-state index contributed by atoms with van der Waals surface area (Å²) in [5.41, 5.74) is 5.33. The first-order valence-electron chi connectivity index (χ1n) is 6.52. The number of nitrogens with zero attached hydrogens (tertiary/aromatic N) is 1. The van der Waals surface area contributed by atoms with Crippen LogP contribution in [0, 0.1) is 0 Å². The summed E-state index contributed by atoms with van der Waals surface area (Å²) in [7, 11) is 1.69. The summed E-state index contributed by atoms with van der Waals surface area (Å²) in [6, 6.07) is 6.34. The number of para-hydroxylation sites is 1. The molecule has 1 heterocycles. The third-order valence-electron chi connectivity index (χ3n) is 3.18. The maximum atomic E-state index is 12.2. The Morgan fingerprint density at radius 3 is 2.76 bits per heavy atom. The molecule has 1 atom stereocenters. The van der Waals surface area contributed by atoms with E-state index in [-0.39, 0.29) is 36.6 Å². The van der Waals surface area contributed by atoms with Gasteiger partial charge in [-0.25, -0.2) is 0 Å². The van der Waals surface area contributed by atoms with Crippen molar-refractivity contribution in [2.75, 3.05) is 20.2 Å². The third kappa shape index (κ3) is 3.71. The molecule has 0 bridgehead atoms. The number of primary amides is 1. The van der Waals surface area contributed by atoms with Gasteiger partial charge in [-0.05, 0) is 12.1 Å². The van der Waals surface area contributed by atoms with Crippen molar-refractivity contribution in [2.45, 2.75) is 12.5 Å². The molecule has 7 heteroatoms. The van der Waals surface area contributed by atoms with Crippen molar-refractivity contribution in [3.63, 3.8) is 0 Å². The van der Waals surface area contributed by atoms with Crippen molar-refractivity contribution in [3.05, 3.63) is 29.8 Å². The third-order valence-corrected chi connectivity index (χ3v) is 3.18. The Labute approximate surface area is 122 Å². The summed E-state index contributed by atoms with van der Waals surface area (Å²) in [6.07, 6.45) is 0.284. The molecule has 112 valence electrons. The summed E-state index contributed by atoms with van der Waals surface area (Å²) in [6.45, 7) is 0.184. The van der Waals surface area contributed by atoms with Gasteiger partial charge in [0.2, 0.25) is 5.91 Å². The van der Waals surface area contributed by atoms with Crippen molar-refractivity contribution in [3.8, 4) is 5.75 Å². The van der Waals surface area contributed by atoms with Crippen LogP contribution in [0.5, 0.6) is 5.75 Å². The Morgan fingerprint density at radius 1 is 1.43 bits per heavy atom. The van der Waals surface area contributed by atoms with E-state index in [1.54, 1.807) is 36.2 Å². The molecular formula is C14H17N3O4. The molecule has 0 aromatic heterocycles. The number of ether oxygens (including phenoxy) is 1.